The zero-order chi connectivity index (χ0) is 24.1. The van der Waals surface area contributed by atoms with E-state index in [1.807, 2.05) is 42.6 Å². The minimum atomic E-state index is -0.195. The molecule has 2 aromatic carbocycles. The van der Waals surface area contributed by atoms with E-state index >= 15 is 0 Å². The Morgan fingerprint density at radius 3 is 2.68 bits per heavy atom. The van der Waals surface area contributed by atoms with Crippen LogP contribution in [-0.4, -0.2) is 22.1 Å². The van der Waals surface area contributed by atoms with E-state index in [0.29, 0.717) is 17.4 Å². The number of rotatable bonds is 10. The van der Waals surface area contributed by atoms with Crippen LogP contribution in [0.4, 0.5) is 0 Å². The number of aromatic nitrogens is 2. The molecule has 2 heterocycles. The van der Waals surface area contributed by atoms with Crippen molar-refractivity contribution >= 4 is 28.3 Å². The second-order valence-electron chi connectivity index (χ2n) is 9.03. The average Bonchev–Trinajstić information content (AvgIpc) is 3.47. The van der Waals surface area contributed by atoms with Crippen molar-refractivity contribution in [3.63, 3.8) is 0 Å². The van der Waals surface area contributed by atoms with Crippen LogP contribution in [0.5, 0.6) is 5.75 Å². The number of benzene rings is 2. The van der Waals surface area contributed by atoms with E-state index in [1.165, 1.54) is 22.5 Å². The van der Waals surface area contributed by atoms with Crippen LogP contribution in [0.25, 0.3) is 11.0 Å². The van der Waals surface area contributed by atoms with Gasteiger partial charge in [0, 0.05) is 6.54 Å². The van der Waals surface area contributed by atoms with Gasteiger partial charge in [0.25, 0.3) is 5.91 Å². The second kappa shape index (κ2) is 10.9. The minimum Gasteiger partial charge on any atom is -0.493 e. The molecule has 0 aliphatic heterocycles. The zero-order valence-electron chi connectivity index (χ0n) is 20.4. The van der Waals surface area contributed by atoms with E-state index in [0.717, 1.165) is 42.0 Å². The third-order valence-electron chi connectivity index (χ3n) is 5.99. The Labute approximate surface area is 205 Å². The van der Waals surface area contributed by atoms with Crippen molar-refractivity contribution in [2.45, 2.75) is 59.0 Å². The first-order valence-corrected chi connectivity index (χ1v) is 12.8. The number of nitrogens with one attached hydrogen (secondary N) is 1. The van der Waals surface area contributed by atoms with E-state index in [1.54, 1.807) is 0 Å². The third-order valence-corrected chi connectivity index (χ3v) is 6.86. The molecule has 5 nitrogen and oxygen atoms in total. The maximum absolute atomic E-state index is 12.6. The first-order chi connectivity index (χ1) is 16.4. The molecule has 0 saturated carbocycles. The molecule has 34 heavy (non-hydrogen) atoms. The summed E-state index contributed by atoms with van der Waals surface area (Å²) in [5.74, 6) is 2.25. The molecule has 0 spiro atoms. The van der Waals surface area contributed by atoms with Crippen molar-refractivity contribution in [1.29, 1.82) is 0 Å². The van der Waals surface area contributed by atoms with E-state index in [9.17, 15) is 4.79 Å². The summed E-state index contributed by atoms with van der Waals surface area (Å²) in [7, 11) is 0. The Hall–Kier alpha value is -3.12. The molecule has 6 heteroatoms. The molecular formula is C28H33N3O2S. The topological polar surface area (TPSA) is 56.1 Å². The van der Waals surface area contributed by atoms with Gasteiger partial charge in [-0.3, -0.25) is 4.79 Å². The molecule has 0 bridgehead atoms. The molecule has 1 atom stereocenters. The van der Waals surface area contributed by atoms with E-state index in [2.05, 4.69) is 54.9 Å². The van der Waals surface area contributed by atoms with Gasteiger partial charge in [-0.1, -0.05) is 44.2 Å². The van der Waals surface area contributed by atoms with Gasteiger partial charge in [-0.2, -0.15) is 0 Å². The molecule has 1 N–H and O–H groups in total. The fraction of sp³-hybridized carbons (Fsp3) is 0.357. The number of nitrogens with zero attached hydrogens (tertiary/aromatic N) is 2. The van der Waals surface area contributed by atoms with Gasteiger partial charge in [0.15, 0.2) is 0 Å². The highest BCUT2D eigenvalue weighted by molar-refractivity contribution is 7.12. The smallest absolute Gasteiger partial charge is 0.261 e. The number of carbonyl (C=O) groups is 1. The SMILES string of the molecule is Cc1ccc(C(C)C)c(OCCCCn2c(C(C)NC(=O)c3cccs3)nc3ccccc32)c1. The third kappa shape index (κ3) is 5.50. The van der Waals surface area contributed by atoms with Gasteiger partial charge in [0.05, 0.1) is 28.6 Å². The van der Waals surface area contributed by atoms with E-state index < -0.39 is 0 Å². The summed E-state index contributed by atoms with van der Waals surface area (Å²) in [4.78, 5) is 18.2. The van der Waals surface area contributed by atoms with Crippen LogP contribution in [0.3, 0.4) is 0 Å². The van der Waals surface area contributed by atoms with Crippen molar-refractivity contribution in [2.75, 3.05) is 6.61 Å². The number of aryl methyl sites for hydroxylation is 2. The van der Waals surface area contributed by atoms with Crippen molar-refractivity contribution in [3.05, 3.63) is 81.8 Å². The molecule has 0 fully saturated rings. The molecule has 1 unspecified atom stereocenters. The Bertz CT molecular complexity index is 1240. The summed E-state index contributed by atoms with van der Waals surface area (Å²) >= 11 is 1.45. The predicted molar refractivity (Wildman–Crippen MR) is 140 cm³/mol. The molecule has 2 aromatic heterocycles. The highest BCUT2D eigenvalue weighted by Crippen LogP contribution is 2.28. The number of unbranched alkanes of at least 4 members (excludes halogenated alkanes) is 1. The molecule has 0 aliphatic rings. The number of hydrogen-bond donors (Lipinski definition) is 1. The molecule has 4 rings (SSSR count). The maximum Gasteiger partial charge on any atom is 0.261 e. The second-order valence-corrected chi connectivity index (χ2v) is 9.98. The Morgan fingerprint density at radius 2 is 1.91 bits per heavy atom. The van der Waals surface area contributed by atoms with E-state index in [-0.39, 0.29) is 11.9 Å². The molecule has 178 valence electrons. The fourth-order valence-electron chi connectivity index (χ4n) is 4.20. The quantitative estimate of drug-likeness (QED) is 0.254. The fourth-order valence-corrected chi connectivity index (χ4v) is 4.82. The summed E-state index contributed by atoms with van der Waals surface area (Å²) < 4.78 is 8.41. The number of ether oxygens (including phenoxy) is 1. The molecular weight excluding hydrogens is 442 g/mol. The van der Waals surface area contributed by atoms with Gasteiger partial charge >= 0.3 is 0 Å². The number of para-hydroxylation sites is 2. The van der Waals surface area contributed by atoms with E-state index in [4.69, 9.17) is 9.72 Å². The zero-order valence-corrected chi connectivity index (χ0v) is 21.2. The minimum absolute atomic E-state index is 0.0615. The lowest BCUT2D eigenvalue weighted by molar-refractivity contribution is 0.0941. The lowest BCUT2D eigenvalue weighted by Crippen LogP contribution is -2.28. The van der Waals surface area contributed by atoms with Crippen LogP contribution in [0.2, 0.25) is 0 Å². The van der Waals surface area contributed by atoms with Crippen LogP contribution >= 0.6 is 11.3 Å². The summed E-state index contributed by atoms with van der Waals surface area (Å²) in [6.45, 7) is 9.99. The van der Waals surface area contributed by atoms with Crippen LogP contribution in [0.15, 0.2) is 60.0 Å². The van der Waals surface area contributed by atoms with Crippen LogP contribution < -0.4 is 10.1 Å². The van der Waals surface area contributed by atoms with Crippen molar-refractivity contribution in [3.8, 4) is 5.75 Å². The highest BCUT2D eigenvalue weighted by atomic mass is 32.1. The molecule has 0 radical (unpaired) electrons. The average molecular weight is 476 g/mol. The monoisotopic (exact) mass is 475 g/mol. The van der Waals surface area contributed by atoms with Crippen LogP contribution in [-0.2, 0) is 6.54 Å². The largest absolute Gasteiger partial charge is 0.493 e. The number of amides is 1. The predicted octanol–water partition coefficient (Wildman–Crippen LogP) is 6.88. The summed E-state index contributed by atoms with van der Waals surface area (Å²) in [5.41, 5.74) is 4.51. The Balaban J connectivity index is 1.42. The molecule has 0 aliphatic carbocycles. The van der Waals surface area contributed by atoms with Gasteiger partial charge < -0.3 is 14.6 Å². The summed E-state index contributed by atoms with van der Waals surface area (Å²) in [6.07, 6.45) is 1.90. The van der Waals surface area contributed by atoms with Crippen molar-refractivity contribution in [1.82, 2.24) is 14.9 Å². The first kappa shape index (κ1) is 24.0. The standard InChI is InChI=1S/C28H33N3O2S/c1-19(2)22-14-13-20(3)18-25(22)33-16-8-7-15-31-24-11-6-5-10-23(24)30-27(31)21(4)29-28(32)26-12-9-17-34-26/h5-6,9-14,17-19,21H,7-8,15-16H2,1-4H3,(H,29,32). The number of carbonyl (C=O) groups excluding carboxylic acids is 1. The van der Waals surface area contributed by atoms with Crippen LogP contribution in [0, 0.1) is 6.92 Å². The summed E-state index contributed by atoms with van der Waals surface area (Å²) in [5, 5.41) is 5.02. The van der Waals surface area contributed by atoms with Gasteiger partial charge in [0.2, 0.25) is 0 Å². The maximum atomic E-state index is 12.6. The van der Waals surface area contributed by atoms with Gasteiger partial charge in [-0.25, -0.2) is 4.98 Å². The lowest BCUT2D eigenvalue weighted by atomic mass is 10.0. The number of imidazole rings is 1. The van der Waals surface area contributed by atoms with Gasteiger partial charge in [-0.05, 0) is 73.4 Å². The number of fused-ring (bicyclic) bond motifs is 1. The number of thiophene rings is 1. The van der Waals surface area contributed by atoms with Crippen LogP contribution in [0.1, 0.15) is 72.2 Å². The molecule has 0 saturated heterocycles. The molecule has 1 amide bonds. The summed E-state index contributed by atoms with van der Waals surface area (Å²) in [6, 6.07) is 18.1. The van der Waals surface area contributed by atoms with Gasteiger partial charge in [-0.15, -0.1) is 11.3 Å². The lowest BCUT2D eigenvalue weighted by Gasteiger charge is -2.17. The molecule has 4 aromatic rings. The van der Waals surface area contributed by atoms with Crippen molar-refractivity contribution < 1.29 is 9.53 Å². The first-order valence-electron chi connectivity index (χ1n) is 12.0. The Kier molecular flexibility index (Phi) is 7.68. The highest BCUT2D eigenvalue weighted by Gasteiger charge is 2.19. The van der Waals surface area contributed by atoms with Crippen molar-refractivity contribution in [2.24, 2.45) is 0 Å². The number of hydrogen-bond acceptors (Lipinski definition) is 4. The normalized spacial score (nSPS) is 12.3. The Morgan fingerprint density at radius 1 is 1.09 bits per heavy atom. The van der Waals surface area contributed by atoms with Gasteiger partial charge in [0.1, 0.15) is 11.6 Å².